The summed E-state index contributed by atoms with van der Waals surface area (Å²) in [4.78, 5) is 14.9. The van der Waals surface area contributed by atoms with Crippen LogP contribution in [0.2, 0.25) is 0 Å². The molecule has 0 aromatic carbocycles. The average Bonchev–Trinajstić information content (AvgIpc) is 2.34. The second-order valence-electron chi connectivity index (χ2n) is 3.61. The third-order valence-corrected chi connectivity index (χ3v) is 2.36. The lowest BCUT2D eigenvalue weighted by Gasteiger charge is -2.19. The van der Waals surface area contributed by atoms with Crippen molar-refractivity contribution in [2.45, 2.75) is 12.5 Å². The van der Waals surface area contributed by atoms with Gasteiger partial charge in [-0.1, -0.05) is 0 Å². The van der Waals surface area contributed by atoms with Crippen LogP contribution < -0.4 is 0 Å². The molecule has 1 unspecified atom stereocenters. The van der Waals surface area contributed by atoms with E-state index in [1.165, 1.54) is 0 Å². The van der Waals surface area contributed by atoms with Gasteiger partial charge in [-0.2, -0.15) is 0 Å². The zero-order chi connectivity index (χ0) is 9.14. The molecule has 0 aromatic heterocycles. The molecule has 1 atom stereocenters. The number of carbonyl (C=O) groups excluding carboxylic acids is 1. The summed E-state index contributed by atoms with van der Waals surface area (Å²) >= 11 is 0. The van der Waals surface area contributed by atoms with Gasteiger partial charge < -0.3 is 4.90 Å². The van der Waals surface area contributed by atoms with E-state index in [0.717, 1.165) is 19.5 Å². The molecule has 3 nitrogen and oxygen atoms in total. The van der Waals surface area contributed by atoms with Crippen LogP contribution in [0, 0.1) is 6.92 Å². The van der Waals surface area contributed by atoms with Crippen molar-refractivity contribution >= 4 is 5.78 Å². The number of ketones is 1. The van der Waals surface area contributed by atoms with Gasteiger partial charge in [0.25, 0.3) is 0 Å². The largest absolute Gasteiger partial charge is 0.305 e. The zero-order valence-corrected chi connectivity index (χ0v) is 7.79. The number of likely N-dealkylation sites (N-methyl/N-ethyl adjacent to an activating group) is 1. The maximum atomic E-state index is 10.6. The van der Waals surface area contributed by atoms with Crippen molar-refractivity contribution in [3.8, 4) is 0 Å². The van der Waals surface area contributed by atoms with Gasteiger partial charge in [-0.15, -0.1) is 0 Å². The number of carbonyl (C=O) groups is 1. The SMILES string of the molecule is [CH]C(=O)CN1CCC(N(C)C)C1. The van der Waals surface area contributed by atoms with Crippen molar-refractivity contribution < 1.29 is 4.79 Å². The van der Waals surface area contributed by atoms with Gasteiger partial charge in [0, 0.05) is 26.1 Å². The molecule has 1 fully saturated rings. The Bertz CT molecular complexity index is 168. The third kappa shape index (κ3) is 2.57. The van der Waals surface area contributed by atoms with Crippen LogP contribution in [0.25, 0.3) is 0 Å². The summed E-state index contributed by atoms with van der Waals surface area (Å²) in [5, 5.41) is 0. The minimum absolute atomic E-state index is 0.227. The molecule has 0 aliphatic carbocycles. The predicted octanol–water partition coefficient (Wildman–Crippen LogP) is -0.0975. The van der Waals surface area contributed by atoms with Gasteiger partial charge in [0.1, 0.15) is 0 Å². The Balaban J connectivity index is 2.30. The Morgan fingerprint density at radius 1 is 1.67 bits per heavy atom. The molecule has 0 spiro atoms. The van der Waals surface area contributed by atoms with Crippen LogP contribution in [0.15, 0.2) is 0 Å². The van der Waals surface area contributed by atoms with Gasteiger partial charge in [0.05, 0.1) is 6.54 Å². The smallest absolute Gasteiger partial charge is 0.151 e. The summed E-state index contributed by atoms with van der Waals surface area (Å²) in [5.41, 5.74) is 0. The Kier molecular flexibility index (Phi) is 3.23. The van der Waals surface area contributed by atoms with E-state index < -0.39 is 0 Å². The van der Waals surface area contributed by atoms with Crippen molar-refractivity contribution in [1.29, 1.82) is 0 Å². The Morgan fingerprint density at radius 2 is 2.33 bits per heavy atom. The van der Waals surface area contributed by atoms with Crippen LogP contribution in [0.1, 0.15) is 6.42 Å². The Hall–Kier alpha value is -0.410. The number of hydrogen-bond donors (Lipinski definition) is 0. The summed E-state index contributed by atoms with van der Waals surface area (Å²) < 4.78 is 0. The van der Waals surface area contributed by atoms with Gasteiger partial charge in [0.2, 0.25) is 0 Å². The molecule has 68 valence electrons. The fourth-order valence-electron chi connectivity index (χ4n) is 1.60. The molecule has 0 saturated carbocycles. The van der Waals surface area contributed by atoms with Crippen LogP contribution in [0.5, 0.6) is 0 Å². The summed E-state index contributed by atoms with van der Waals surface area (Å²) in [6, 6.07) is 0.587. The highest BCUT2D eigenvalue weighted by atomic mass is 16.1. The fourth-order valence-corrected chi connectivity index (χ4v) is 1.60. The van der Waals surface area contributed by atoms with Crippen LogP contribution in [-0.2, 0) is 4.79 Å². The van der Waals surface area contributed by atoms with Gasteiger partial charge in [-0.25, -0.2) is 0 Å². The van der Waals surface area contributed by atoms with Gasteiger partial charge in [0.15, 0.2) is 5.78 Å². The van der Waals surface area contributed by atoms with Gasteiger partial charge >= 0.3 is 0 Å². The zero-order valence-electron chi connectivity index (χ0n) is 7.79. The van der Waals surface area contributed by atoms with Crippen LogP contribution in [-0.4, -0.2) is 55.4 Å². The van der Waals surface area contributed by atoms with Crippen molar-refractivity contribution in [3.63, 3.8) is 0 Å². The summed E-state index contributed by atoms with van der Waals surface area (Å²) in [6.07, 6.45) is 1.14. The first kappa shape index (κ1) is 9.68. The Labute approximate surface area is 74.3 Å². The molecule has 0 bridgehead atoms. The minimum Gasteiger partial charge on any atom is -0.305 e. The first-order valence-electron chi connectivity index (χ1n) is 4.26. The second kappa shape index (κ2) is 4.01. The van der Waals surface area contributed by atoms with E-state index >= 15 is 0 Å². The molecular formula is C9H16N2O. The molecular weight excluding hydrogens is 152 g/mol. The average molecular weight is 168 g/mol. The highest BCUT2D eigenvalue weighted by molar-refractivity contribution is 5.84. The summed E-state index contributed by atoms with van der Waals surface area (Å²) in [7, 11) is 4.14. The van der Waals surface area contributed by atoms with Crippen LogP contribution in [0.4, 0.5) is 0 Å². The van der Waals surface area contributed by atoms with Crippen molar-refractivity contribution in [2.75, 3.05) is 33.7 Å². The Morgan fingerprint density at radius 3 is 2.75 bits per heavy atom. The molecule has 0 amide bonds. The van der Waals surface area contributed by atoms with E-state index in [0.29, 0.717) is 12.6 Å². The molecule has 2 radical (unpaired) electrons. The molecule has 3 heteroatoms. The van der Waals surface area contributed by atoms with Crippen LogP contribution >= 0.6 is 0 Å². The van der Waals surface area contributed by atoms with E-state index in [1.807, 2.05) is 0 Å². The van der Waals surface area contributed by atoms with Gasteiger partial charge in [-0.05, 0) is 20.5 Å². The van der Waals surface area contributed by atoms with Crippen LogP contribution in [0.3, 0.4) is 0 Å². The first-order chi connectivity index (χ1) is 5.59. The molecule has 12 heavy (non-hydrogen) atoms. The molecule has 1 heterocycles. The highest BCUT2D eigenvalue weighted by Crippen LogP contribution is 2.12. The third-order valence-electron chi connectivity index (χ3n) is 2.36. The summed E-state index contributed by atoms with van der Waals surface area (Å²) in [5.74, 6) is -0.227. The minimum atomic E-state index is -0.227. The van der Waals surface area contributed by atoms with Crippen molar-refractivity contribution in [1.82, 2.24) is 9.80 Å². The number of nitrogens with zero attached hydrogens (tertiary/aromatic N) is 2. The molecule has 1 rings (SSSR count). The highest BCUT2D eigenvalue weighted by Gasteiger charge is 2.23. The molecule has 0 aromatic rings. The number of likely N-dealkylation sites (tertiary alicyclic amines) is 1. The van der Waals surface area contributed by atoms with E-state index in [-0.39, 0.29) is 5.78 Å². The fraction of sp³-hybridized carbons (Fsp3) is 0.778. The molecule has 1 aliphatic heterocycles. The second-order valence-corrected chi connectivity index (χ2v) is 3.61. The van der Waals surface area contributed by atoms with E-state index in [9.17, 15) is 4.79 Å². The first-order valence-corrected chi connectivity index (χ1v) is 4.26. The van der Waals surface area contributed by atoms with E-state index in [4.69, 9.17) is 6.92 Å². The van der Waals surface area contributed by atoms with Crippen molar-refractivity contribution in [3.05, 3.63) is 6.92 Å². The van der Waals surface area contributed by atoms with Gasteiger partial charge in [-0.3, -0.25) is 9.69 Å². The molecule has 1 saturated heterocycles. The molecule has 0 N–H and O–H groups in total. The monoisotopic (exact) mass is 168 g/mol. The number of hydrogen-bond acceptors (Lipinski definition) is 3. The summed E-state index contributed by atoms with van der Waals surface area (Å²) in [6.45, 7) is 7.47. The maximum Gasteiger partial charge on any atom is 0.151 e. The topological polar surface area (TPSA) is 23.6 Å². The lowest BCUT2D eigenvalue weighted by Crippen LogP contribution is -2.33. The lowest BCUT2D eigenvalue weighted by molar-refractivity contribution is -0.115. The van der Waals surface area contributed by atoms with Crippen molar-refractivity contribution in [2.24, 2.45) is 0 Å². The number of rotatable bonds is 3. The number of Topliss-reactive ketones (excluding diaryl/α,β-unsaturated/α-hetero) is 1. The van der Waals surface area contributed by atoms with E-state index in [2.05, 4.69) is 23.9 Å². The molecule has 1 aliphatic rings. The van der Waals surface area contributed by atoms with E-state index in [1.54, 1.807) is 0 Å². The standard InChI is InChI=1S/C9H16N2O/c1-8(12)6-11-5-4-9(7-11)10(2)3/h1,9H,4-7H2,2-3H3. The maximum absolute atomic E-state index is 10.6. The quantitative estimate of drug-likeness (QED) is 0.588. The predicted molar refractivity (Wildman–Crippen MR) is 47.8 cm³/mol. The lowest BCUT2D eigenvalue weighted by atomic mass is 10.2. The normalized spacial score (nSPS) is 25.2.